The summed E-state index contributed by atoms with van der Waals surface area (Å²) in [6.45, 7) is 4.10. The lowest BCUT2D eigenvalue weighted by Crippen LogP contribution is -2.31. The van der Waals surface area contributed by atoms with E-state index in [1.807, 2.05) is 0 Å². The van der Waals surface area contributed by atoms with Crippen molar-refractivity contribution in [2.45, 2.75) is 39.7 Å². The minimum Gasteiger partial charge on any atom is -0.477 e. The van der Waals surface area contributed by atoms with E-state index in [0.717, 1.165) is 30.6 Å². The van der Waals surface area contributed by atoms with Crippen molar-refractivity contribution in [3.05, 3.63) is 15.6 Å². The van der Waals surface area contributed by atoms with Gasteiger partial charge in [0.2, 0.25) is 5.91 Å². The molecule has 0 radical (unpaired) electrons. The number of aryl methyl sites for hydroxylation is 1. The zero-order chi connectivity index (χ0) is 14.0. The second-order valence-corrected chi connectivity index (χ2v) is 6.14. The number of carboxylic acids is 1. The van der Waals surface area contributed by atoms with Crippen molar-refractivity contribution in [2.75, 3.05) is 0 Å². The molecule has 1 aromatic rings. The molecule has 2 atom stereocenters. The highest BCUT2D eigenvalue weighted by Crippen LogP contribution is 2.31. The molecule has 1 fully saturated rings. The summed E-state index contributed by atoms with van der Waals surface area (Å²) in [7, 11) is 0. The molecule has 104 valence electrons. The first-order valence-corrected chi connectivity index (χ1v) is 7.28. The molecule has 0 aliphatic heterocycles. The predicted octanol–water partition coefficient (Wildman–Crippen LogP) is 2.20. The third-order valence-electron chi connectivity index (χ3n) is 3.65. The summed E-state index contributed by atoms with van der Waals surface area (Å²) in [5, 5.41) is 12.5. The molecule has 1 amide bonds. The van der Waals surface area contributed by atoms with Gasteiger partial charge in [-0.3, -0.25) is 4.79 Å². The quantitative estimate of drug-likeness (QED) is 0.887. The normalized spacial score (nSPS) is 22.4. The summed E-state index contributed by atoms with van der Waals surface area (Å²) in [6, 6.07) is 0. The second kappa shape index (κ2) is 5.69. The standard InChI is InChI=1S/C13H18N2O3S/c1-7-4-3-5-9(7)12(16)14-6-10-15-8(2)11(19-10)13(17)18/h7,9H,3-6H2,1-2H3,(H,14,16)(H,17,18). The number of aromatic carboxylic acids is 1. The Hall–Kier alpha value is -1.43. The maximum atomic E-state index is 12.0. The van der Waals surface area contributed by atoms with Gasteiger partial charge in [-0.1, -0.05) is 13.3 Å². The van der Waals surface area contributed by atoms with E-state index in [0.29, 0.717) is 23.2 Å². The van der Waals surface area contributed by atoms with Gasteiger partial charge >= 0.3 is 5.97 Å². The number of hydrogen-bond acceptors (Lipinski definition) is 4. The van der Waals surface area contributed by atoms with E-state index in [9.17, 15) is 9.59 Å². The summed E-state index contributed by atoms with van der Waals surface area (Å²) < 4.78 is 0. The molecule has 1 saturated carbocycles. The molecular formula is C13H18N2O3S. The molecule has 1 aromatic heterocycles. The van der Waals surface area contributed by atoms with Crippen LogP contribution < -0.4 is 5.32 Å². The number of aromatic nitrogens is 1. The number of thiazole rings is 1. The van der Waals surface area contributed by atoms with Gasteiger partial charge in [-0.2, -0.15) is 0 Å². The van der Waals surface area contributed by atoms with Crippen LogP contribution in [0.15, 0.2) is 0 Å². The zero-order valence-electron chi connectivity index (χ0n) is 11.1. The van der Waals surface area contributed by atoms with Crippen molar-refractivity contribution in [1.29, 1.82) is 0 Å². The number of carboxylic acid groups (broad SMARTS) is 1. The minimum atomic E-state index is -0.961. The van der Waals surface area contributed by atoms with Crippen molar-refractivity contribution in [1.82, 2.24) is 10.3 Å². The van der Waals surface area contributed by atoms with Crippen molar-refractivity contribution in [3.8, 4) is 0 Å². The Morgan fingerprint density at radius 1 is 1.47 bits per heavy atom. The molecule has 0 spiro atoms. The average Bonchev–Trinajstić information content (AvgIpc) is 2.92. The third kappa shape index (κ3) is 3.12. The number of nitrogens with zero attached hydrogens (tertiary/aromatic N) is 1. The Bertz CT molecular complexity index is 498. The number of carbonyl (C=O) groups is 2. The van der Waals surface area contributed by atoms with Crippen molar-refractivity contribution >= 4 is 23.2 Å². The molecule has 2 N–H and O–H groups in total. The van der Waals surface area contributed by atoms with Crippen LogP contribution in [-0.2, 0) is 11.3 Å². The number of amides is 1. The van der Waals surface area contributed by atoms with Crippen LogP contribution in [0.2, 0.25) is 0 Å². The van der Waals surface area contributed by atoms with Crippen LogP contribution in [0.3, 0.4) is 0 Å². The zero-order valence-corrected chi connectivity index (χ0v) is 11.9. The van der Waals surface area contributed by atoms with Gasteiger partial charge in [0.15, 0.2) is 0 Å². The molecule has 0 bridgehead atoms. The van der Waals surface area contributed by atoms with Gasteiger partial charge in [-0.25, -0.2) is 9.78 Å². The molecule has 0 saturated heterocycles. The van der Waals surface area contributed by atoms with E-state index >= 15 is 0 Å². The van der Waals surface area contributed by atoms with Crippen LogP contribution in [-0.4, -0.2) is 22.0 Å². The van der Waals surface area contributed by atoms with Crippen molar-refractivity contribution < 1.29 is 14.7 Å². The van der Waals surface area contributed by atoms with Gasteiger partial charge < -0.3 is 10.4 Å². The van der Waals surface area contributed by atoms with Crippen LogP contribution in [0.5, 0.6) is 0 Å². The number of nitrogens with one attached hydrogen (secondary N) is 1. The summed E-state index contributed by atoms with van der Waals surface area (Å²) >= 11 is 1.13. The third-order valence-corrected chi connectivity index (χ3v) is 4.79. The predicted molar refractivity (Wildman–Crippen MR) is 72.2 cm³/mol. The van der Waals surface area contributed by atoms with Crippen LogP contribution in [0.25, 0.3) is 0 Å². The minimum absolute atomic E-state index is 0.0646. The number of carbonyl (C=O) groups excluding carboxylic acids is 1. The van der Waals surface area contributed by atoms with Gasteiger partial charge in [0.1, 0.15) is 9.88 Å². The molecule has 1 aliphatic carbocycles. The summed E-state index contributed by atoms with van der Waals surface area (Å²) in [5.74, 6) is -0.362. The van der Waals surface area contributed by atoms with E-state index < -0.39 is 5.97 Å². The van der Waals surface area contributed by atoms with E-state index in [1.54, 1.807) is 6.92 Å². The molecule has 5 nitrogen and oxygen atoms in total. The highest BCUT2D eigenvalue weighted by Gasteiger charge is 2.29. The Balaban J connectivity index is 1.93. The smallest absolute Gasteiger partial charge is 0.347 e. The molecule has 1 aliphatic rings. The average molecular weight is 282 g/mol. The summed E-state index contributed by atoms with van der Waals surface area (Å²) in [6.07, 6.45) is 3.17. The number of hydrogen-bond donors (Lipinski definition) is 2. The molecule has 1 heterocycles. The highest BCUT2D eigenvalue weighted by molar-refractivity contribution is 7.13. The topological polar surface area (TPSA) is 79.3 Å². The lowest BCUT2D eigenvalue weighted by Gasteiger charge is -2.14. The largest absolute Gasteiger partial charge is 0.477 e. The summed E-state index contributed by atoms with van der Waals surface area (Å²) in [4.78, 5) is 27.3. The van der Waals surface area contributed by atoms with E-state index in [1.165, 1.54) is 0 Å². The van der Waals surface area contributed by atoms with E-state index in [2.05, 4.69) is 17.2 Å². The lowest BCUT2D eigenvalue weighted by atomic mass is 9.97. The van der Waals surface area contributed by atoms with Crippen molar-refractivity contribution in [2.24, 2.45) is 11.8 Å². The SMILES string of the molecule is Cc1nc(CNC(=O)C2CCCC2C)sc1C(=O)O. The first-order valence-electron chi connectivity index (χ1n) is 6.46. The highest BCUT2D eigenvalue weighted by atomic mass is 32.1. The maximum Gasteiger partial charge on any atom is 0.347 e. The second-order valence-electron chi connectivity index (χ2n) is 5.06. The van der Waals surface area contributed by atoms with Gasteiger partial charge in [0, 0.05) is 5.92 Å². The molecule has 6 heteroatoms. The Morgan fingerprint density at radius 2 is 2.21 bits per heavy atom. The monoisotopic (exact) mass is 282 g/mol. The van der Waals surface area contributed by atoms with Gasteiger partial charge in [-0.15, -0.1) is 11.3 Å². The van der Waals surface area contributed by atoms with Crippen LogP contribution in [0.4, 0.5) is 0 Å². The molecule has 2 rings (SSSR count). The van der Waals surface area contributed by atoms with E-state index in [4.69, 9.17) is 5.11 Å². The Morgan fingerprint density at radius 3 is 2.74 bits per heavy atom. The fourth-order valence-corrected chi connectivity index (χ4v) is 3.40. The molecule has 2 unspecified atom stereocenters. The number of rotatable bonds is 4. The fourth-order valence-electron chi connectivity index (χ4n) is 2.56. The lowest BCUT2D eigenvalue weighted by molar-refractivity contribution is -0.126. The molecular weight excluding hydrogens is 264 g/mol. The first kappa shape index (κ1) is 14.0. The maximum absolute atomic E-state index is 12.0. The molecule has 0 aromatic carbocycles. The fraction of sp³-hybridized carbons (Fsp3) is 0.615. The first-order chi connectivity index (χ1) is 8.99. The summed E-state index contributed by atoms with van der Waals surface area (Å²) in [5.41, 5.74) is 0.510. The van der Waals surface area contributed by atoms with Gasteiger partial charge in [0.25, 0.3) is 0 Å². The Kier molecular flexibility index (Phi) is 4.19. The molecule has 19 heavy (non-hydrogen) atoms. The van der Waals surface area contributed by atoms with Gasteiger partial charge in [0.05, 0.1) is 12.2 Å². The van der Waals surface area contributed by atoms with Crippen LogP contribution in [0.1, 0.15) is 46.6 Å². The van der Waals surface area contributed by atoms with Crippen molar-refractivity contribution in [3.63, 3.8) is 0 Å². The Labute approximate surface area is 116 Å². The van der Waals surface area contributed by atoms with Crippen LogP contribution >= 0.6 is 11.3 Å². The van der Waals surface area contributed by atoms with E-state index in [-0.39, 0.29) is 16.7 Å². The van der Waals surface area contributed by atoms with Gasteiger partial charge in [-0.05, 0) is 25.7 Å². The van der Waals surface area contributed by atoms with Crippen LogP contribution in [0, 0.1) is 18.8 Å².